The van der Waals surface area contributed by atoms with E-state index in [0.717, 1.165) is 5.75 Å². The molecule has 0 radical (unpaired) electrons. The predicted molar refractivity (Wildman–Crippen MR) is 75.3 cm³/mol. The van der Waals surface area contributed by atoms with Crippen LogP contribution in [0.2, 0.25) is 0 Å². The third-order valence-corrected chi connectivity index (χ3v) is 5.09. The third kappa shape index (κ3) is 4.03. The molecule has 2 fully saturated rings. The molecule has 0 aliphatic carbocycles. The summed E-state index contributed by atoms with van der Waals surface area (Å²) in [7, 11) is 0. The number of hydrogen-bond acceptors (Lipinski definition) is 3. The monoisotopic (exact) mass is 286 g/mol. The van der Waals surface area contributed by atoms with Crippen LogP contribution < -0.4 is 5.32 Å². The maximum absolute atomic E-state index is 12.1. The summed E-state index contributed by atoms with van der Waals surface area (Å²) in [6.07, 6.45) is 1.83. The molecule has 6 heteroatoms. The number of carbonyl (C=O) groups excluding carboxylic acids is 1. The molecule has 2 aliphatic rings. The second-order valence-corrected chi connectivity index (χ2v) is 6.85. The summed E-state index contributed by atoms with van der Waals surface area (Å²) in [5.41, 5.74) is 0. The minimum Gasteiger partial charge on any atom is -0.481 e. The Kier molecular flexibility index (Phi) is 4.96. The molecule has 0 aromatic heterocycles. The van der Waals surface area contributed by atoms with Gasteiger partial charge >= 0.3 is 12.0 Å². The molecular formula is C13H22N2O3S. The maximum Gasteiger partial charge on any atom is 0.317 e. The zero-order chi connectivity index (χ0) is 13.8. The van der Waals surface area contributed by atoms with Gasteiger partial charge < -0.3 is 15.3 Å². The van der Waals surface area contributed by atoms with Crippen molar-refractivity contribution in [1.29, 1.82) is 0 Å². The predicted octanol–water partition coefficient (Wildman–Crippen LogP) is 1.49. The Morgan fingerprint density at radius 1 is 1.42 bits per heavy atom. The highest BCUT2D eigenvalue weighted by Gasteiger charge is 2.32. The average molecular weight is 286 g/mol. The summed E-state index contributed by atoms with van der Waals surface area (Å²) in [5.74, 6) is 1.92. The molecule has 0 bridgehead atoms. The van der Waals surface area contributed by atoms with Crippen LogP contribution in [-0.4, -0.2) is 53.1 Å². The highest BCUT2D eigenvalue weighted by atomic mass is 32.2. The number of hydrogen-bond donors (Lipinski definition) is 2. The minimum atomic E-state index is -0.795. The van der Waals surface area contributed by atoms with Gasteiger partial charge in [0.25, 0.3) is 0 Å². The van der Waals surface area contributed by atoms with Gasteiger partial charge in [-0.15, -0.1) is 0 Å². The Bertz CT molecular complexity index is 345. The molecule has 19 heavy (non-hydrogen) atoms. The first-order chi connectivity index (χ1) is 9.06. The Hall–Kier alpha value is -0.910. The van der Waals surface area contributed by atoms with Crippen LogP contribution in [0.5, 0.6) is 0 Å². The second-order valence-electron chi connectivity index (χ2n) is 5.70. The quantitative estimate of drug-likeness (QED) is 0.825. The molecule has 0 saturated carbocycles. The van der Waals surface area contributed by atoms with E-state index in [4.69, 9.17) is 5.11 Å². The number of carbonyl (C=O) groups is 2. The van der Waals surface area contributed by atoms with Gasteiger partial charge in [0.2, 0.25) is 0 Å². The molecule has 2 amide bonds. The molecule has 0 spiro atoms. The van der Waals surface area contributed by atoms with Gasteiger partial charge in [-0.1, -0.05) is 6.92 Å². The van der Waals surface area contributed by atoms with Crippen LogP contribution in [0.1, 0.15) is 19.8 Å². The molecule has 2 N–H and O–H groups in total. The molecular weight excluding hydrogens is 264 g/mol. The van der Waals surface area contributed by atoms with Gasteiger partial charge in [0.1, 0.15) is 0 Å². The first-order valence-corrected chi connectivity index (χ1v) is 8.05. The lowest BCUT2D eigenvalue weighted by Gasteiger charge is -2.34. The fraction of sp³-hybridized carbons (Fsp3) is 0.846. The van der Waals surface area contributed by atoms with Gasteiger partial charge in [-0.05, 0) is 36.2 Å². The molecule has 108 valence electrons. The van der Waals surface area contributed by atoms with Crippen molar-refractivity contribution in [2.24, 2.45) is 17.8 Å². The lowest BCUT2D eigenvalue weighted by atomic mass is 9.91. The van der Waals surface area contributed by atoms with Crippen molar-refractivity contribution in [3.05, 3.63) is 0 Å². The number of nitrogens with zero attached hydrogens (tertiary/aromatic N) is 1. The minimum absolute atomic E-state index is 0.102. The van der Waals surface area contributed by atoms with Crippen molar-refractivity contribution in [2.45, 2.75) is 19.8 Å². The number of aliphatic carboxylic acids is 1. The van der Waals surface area contributed by atoms with E-state index in [-0.39, 0.29) is 11.9 Å². The Morgan fingerprint density at radius 2 is 2.21 bits per heavy atom. The largest absolute Gasteiger partial charge is 0.481 e. The van der Waals surface area contributed by atoms with Crippen LogP contribution in [0.15, 0.2) is 0 Å². The topological polar surface area (TPSA) is 69.6 Å². The van der Waals surface area contributed by atoms with E-state index in [1.165, 1.54) is 12.2 Å². The Balaban J connectivity index is 1.81. The van der Waals surface area contributed by atoms with E-state index in [2.05, 4.69) is 5.32 Å². The number of rotatable bonds is 3. The molecule has 2 rings (SSSR count). The van der Waals surface area contributed by atoms with E-state index in [9.17, 15) is 9.59 Å². The number of thioether (sulfide) groups is 1. The van der Waals surface area contributed by atoms with Gasteiger partial charge in [0.15, 0.2) is 0 Å². The van der Waals surface area contributed by atoms with Gasteiger partial charge in [-0.2, -0.15) is 11.8 Å². The van der Waals surface area contributed by atoms with Crippen LogP contribution in [0.3, 0.4) is 0 Å². The molecule has 5 nitrogen and oxygen atoms in total. The fourth-order valence-electron chi connectivity index (χ4n) is 2.78. The van der Waals surface area contributed by atoms with Crippen LogP contribution in [-0.2, 0) is 4.79 Å². The number of amides is 2. The van der Waals surface area contributed by atoms with Crippen molar-refractivity contribution < 1.29 is 14.7 Å². The molecule has 0 aromatic carbocycles. The highest BCUT2D eigenvalue weighted by molar-refractivity contribution is 7.99. The van der Waals surface area contributed by atoms with Crippen molar-refractivity contribution in [3.63, 3.8) is 0 Å². The SMILES string of the molecule is CC1CC(C(=O)O)CN(C(=O)NCC2CCSC2)C1. The molecule has 2 aliphatic heterocycles. The van der Waals surface area contributed by atoms with Crippen molar-refractivity contribution in [2.75, 3.05) is 31.1 Å². The van der Waals surface area contributed by atoms with Gasteiger partial charge in [-0.25, -0.2) is 4.79 Å². The number of carboxylic acids is 1. The Morgan fingerprint density at radius 3 is 2.84 bits per heavy atom. The number of carboxylic acid groups (broad SMARTS) is 1. The first kappa shape index (κ1) is 14.5. The summed E-state index contributed by atoms with van der Waals surface area (Å²) in [6, 6.07) is -0.102. The smallest absolute Gasteiger partial charge is 0.317 e. The first-order valence-electron chi connectivity index (χ1n) is 6.89. The fourth-order valence-corrected chi connectivity index (χ4v) is 4.07. The maximum atomic E-state index is 12.1. The van der Waals surface area contributed by atoms with Crippen LogP contribution in [0.4, 0.5) is 4.79 Å². The zero-order valence-electron chi connectivity index (χ0n) is 11.3. The molecule has 3 unspecified atom stereocenters. The average Bonchev–Trinajstić information content (AvgIpc) is 2.88. The standard InChI is InChI=1S/C13H22N2O3S/c1-9-4-11(12(16)17)7-15(6-9)13(18)14-5-10-2-3-19-8-10/h9-11H,2-8H2,1H3,(H,14,18)(H,16,17). The van der Waals surface area contributed by atoms with Gasteiger partial charge in [0.05, 0.1) is 5.92 Å². The van der Waals surface area contributed by atoms with Crippen molar-refractivity contribution in [1.82, 2.24) is 10.2 Å². The summed E-state index contributed by atoms with van der Waals surface area (Å²) < 4.78 is 0. The van der Waals surface area contributed by atoms with Crippen LogP contribution in [0, 0.1) is 17.8 Å². The summed E-state index contributed by atoms with van der Waals surface area (Å²) in [5, 5.41) is 12.1. The Labute approximate surface area is 118 Å². The van der Waals surface area contributed by atoms with E-state index in [0.29, 0.717) is 32.0 Å². The van der Waals surface area contributed by atoms with Gasteiger partial charge in [0, 0.05) is 19.6 Å². The molecule has 2 saturated heterocycles. The molecule has 3 atom stereocenters. The number of likely N-dealkylation sites (tertiary alicyclic amines) is 1. The summed E-state index contributed by atoms with van der Waals surface area (Å²) >= 11 is 1.93. The second kappa shape index (κ2) is 6.50. The number of piperidine rings is 1. The van der Waals surface area contributed by atoms with Crippen molar-refractivity contribution >= 4 is 23.8 Å². The van der Waals surface area contributed by atoms with Gasteiger partial charge in [-0.3, -0.25) is 4.79 Å². The lowest BCUT2D eigenvalue weighted by molar-refractivity contribution is -0.143. The highest BCUT2D eigenvalue weighted by Crippen LogP contribution is 2.24. The van der Waals surface area contributed by atoms with E-state index in [1.54, 1.807) is 4.90 Å². The zero-order valence-corrected chi connectivity index (χ0v) is 12.1. The summed E-state index contributed by atoms with van der Waals surface area (Å²) in [6.45, 7) is 3.72. The number of urea groups is 1. The van der Waals surface area contributed by atoms with E-state index < -0.39 is 11.9 Å². The van der Waals surface area contributed by atoms with Crippen molar-refractivity contribution in [3.8, 4) is 0 Å². The lowest BCUT2D eigenvalue weighted by Crippen LogP contribution is -2.50. The number of nitrogens with one attached hydrogen (secondary N) is 1. The molecule has 2 heterocycles. The normalized spacial score (nSPS) is 31.2. The summed E-state index contributed by atoms with van der Waals surface area (Å²) in [4.78, 5) is 24.8. The third-order valence-electron chi connectivity index (χ3n) is 3.86. The molecule has 0 aromatic rings. The van der Waals surface area contributed by atoms with Crippen LogP contribution >= 0.6 is 11.8 Å². The van der Waals surface area contributed by atoms with Crippen LogP contribution in [0.25, 0.3) is 0 Å². The van der Waals surface area contributed by atoms with E-state index in [1.807, 2.05) is 18.7 Å². The van der Waals surface area contributed by atoms with E-state index >= 15 is 0 Å².